The number of aromatic nitrogens is 4. The summed E-state index contributed by atoms with van der Waals surface area (Å²) in [5.74, 6) is 1.45. The summed E-state index contributed by atoms with van der Waals surface area (Å²) < 4.78 is 5.21. The maximum atomic E-state index is 6.04. The number of anilines is 1. The molecule has 29 heavy (non-hydrogen) atoms. The van der Waals surface area contributed by atoms with E-state index in [0.29, 0.717) is 11.5 Å². The van der Waals surface area contributed by atoms with Gasteiger partial charge in [-0.15, -0.1) is 5.10 Å². The van der Waals surface area contributed by atoms with E-state index >= 15 is 0 Å². The van der Waals surface area contributed by atoms with Crippen molar-refractivity contribution in [2.75, 3.05) is 19.4 Å². The lowest BCUT2D eigenvalue weighted by molar-refractivity contribution is 0.414. The molecule has 1 unspecified atom stereocenters. The van der Waals surface area contributed by atoms with Crippen LogP contribution in [0.3, 0.4) is 0 Å². The number of aromatic amines is 1. The monoisotopic (exact) mass is 388 g/mol. The fraction of sp³-hybridized carbons (Fsp3) is 0.227. The van der Waals surface area contributed by atoms with Gasteiger partial charge >= 0.3 is 0 Å². The highest BCUT2D eigenvalue weighted by molar-refractivity contribution is 5.77. The van der Waals surface area contributed by atoms with E-state index in [0.717, 1.165) is 36.3 Å². The molecule has 0 fully saturated rings. The molecule has 0 aliphatic rings. The molecule has 0 bridgehead atoms. The van der Waals surface area contributed by atoms with Gasteiger partial charge in [0.2, 0.25) is 5.65 Å². The third-order valence-corrected chi connectivity index (χ3v) is 5.02. The molecular weight excluding hydrogens is 364 g/mol. The van der Waals surface area contributed by atoms with Crippen LogP contribution in [-0.4, -0.2) is 34.0 Å². The minimum atomic E-state index is 0.137. The summed E-state index contributed by atoms with van der Waals surface area (Å²) in [5.41, 5.74) is 10.8. The summed E-state index contributed by atoms with van der Waals surface area (Å²) in [6, 6.07) is 20.4. The largest absolute Gasteiger partial charge is 0.497 e. The number of hydrogen-bond acceptors (Lipinski definition) is 6. The molecule has 4 rings (SSSR count). The van der Waals surface area contributed by atoms with Gasteiger partial charge in [-0.05, 0) is 47.9 Å². The maximum Gasteiger partial charge on any atom is 0.203 e. The highest BCUT2D eigenvalue weighted by Gasteiger charge is 2.20. The predicted molar refractivity (Wildman–Crippen MR) is 114 cm³/mol. The SMILES string of the molecule is COc1ccc(CNCCC(c2ccccc2)c2cc(N)nc3n[nH]nc23)cc1. The standard InChI is InChI=1S/C22H24N6O/c1-29-17-9-7-15(8-10-17)14-24-12-11-18(16-5-3-2-4-6-16)19-13-20(23)25-22-21(19)26-28-27-22/h2-10,13,18,24H,11-12,14H2,1H3,(H3,23,25,26,27,28). The molecule has 0 saturated carbocycles. The smallest absolute Gasteiger partial charge is 0.203 e. The molecule has 0 spiro atoms. The second-order valence-corrected chi connectivity index (χ2v) is 6.91. The average Bonchev–Trinajstić information content (AvgIpc) is 3.23. The molecule has 0 amide bonds. The van der Waals surface area contributed by atoms with Gasteiger partial charge in [0.05, 0.1) is 7.11 Å². The zero-order valence-electron chi connectivity index (χ0n) is 16.3. The van der Waals surface area contributed by atoms with Crippen LogP contribution in [0.5, 0.6) is 5.75 Å². The zero-order chi connectivity index (χ0) is 20.1. The van der Waals surface area contributed by atoms with Gasteiger partial charge in [-0.2, -0.15) is 10.3 Å². The van der Waals surface area contributed by atoms with Crippen molar-refractivity contribution >= 4 is 17.0 Å². The van der Waals surface area contributed by atoms with Crippen LogP contribution in [0.4, 0.5) is 5.82 Å². The molecule has 2 aromatic carbocycles. The lowest BCUT2D eigenvalue weighted by Crippen LogP contribution is -2.18. The van der Waals surface area contributed by atoms with Crippen LogP contribution >= 0.6 is 0 Å². The van der Waals surface area contributed by atoms with Crippen molar-refractivity contribution in [3.8, 4) is 5.75 Å². The van der Waals surface area contributed by atoms with E-state index in [1.165, 1.54) is 11.1 Å². The van der Waals surface area contributed by atoms with E-state index in [9.17, 15) is 0 Å². The summed E-state index contributed by atoms with van der Waals surface area (Å²) in [5, 5.41) is 14.6. The highest BCUT2D eigenvalue weighted by Crippen LogP contribution is 2.32. The molecule has 148 valence electrons. The van der Waals surface area contributed by atoms with Crippen LogP contribution in [0.2, 0.25) is 0 Å². The highest BCUT2D eigenvalue weighted by atomic mass is 16.5. The van der Waals surface area contributed by atoms with Crippen LogP contribution in [-0.2, 0) is 6.54 Å². The van der Waals surface area contributed by atoms with Crippen molar-refractivity contribution < 1.29 is 4.74 Å². The third-order valence-electron chi connectivity index (χ3n) is 5.02. The normalized spacial score (nSPS) is 12.2. The second kappa shape index (κ2) is 8.70. The van der Waals surface area contributed by atoms with Gasteiger partial charge in [0.25, 0.3) is 0 Å². The molecule has 2 aromatic heterocycles. The van der Waals surface area contributed by atoms with E-state index in [4.69, 9.17) is 10.5 Å². The van der Waals surface area contributed by atoms with E-state index < -0.39 is 0 Å². The number of pyridine rings is 1. The number of nitrogens with zero attached hydrogens (tertiary/aromatic N) is 3. The summed E-state index contributed by atoms with van der Waals surface area (Å²) in [6.45, 7) is 1.64. The van der Waals surface area contributed by atoms with Crippen molar-refractivity contribution in [3.05, 3.63) is 77.4 Å². The molecular formula is C22H24N6O. The van der Waals surface area contributed by atoms with Crippen molar-refractivity contribution in [1.82, 2.24) is 25.7 Å². The average molecular weight is 388 g/mol. The van der Waals surface area contributed by atoms with Crippen LogP contribution in [0.15, 0.2) is 60.7 Å². The molecule has 1 atom stereocenters. The van der Waals surface area contributed by atoms with Crippen molar-refractivity contribution in [3.63, 3.8) is 0 Å². The van der Waals surface area contributed by atoms with E-state index in [2.05, 4.69) is 62.1 Å². The fourth-order valence-corrected chi connectivity index (χ4v) is 3.55. The minimum absolute atomic E-state index is 0.137. The maximum absolute atomic E-state index is 6.04. The number of fused-ring (bicyclic) bond motifs is 1. The first-order chi connectivity index (χ1) is 14.2. The van der Waals surface area contributed by atoms with E-state index in [1.54, 1.807) is 7.11 Å². The van der Waals surface area contributed by atoms with Gasteiger partial charge in [0.15, 0.2) is 0 Å². The van der Waals surface area contributed by atoms with Gasteiger partial charge in [-0.3, -0.25) is 0 Å². The van der Waals surface area contributed by atoms with Gasteiger partial charge in [0, 0.05) is 12.5 Å². The minimum Gasteiger partial charge on any atom is -0.497 e. The van der Waals surface area contributed by atoms with Crippen LogP contribution in [0, 0.1) is 0 Å². The van der Waals surface area contributed by atoms with E-state index in [-0.39, 0.29) is 5.92 Å². The van der Waals surface area contributed by atoms with Crippen molar-refractivity contribution in [2.45, 2.75) is 18.9 Å². The molecule has 0 aliphatic carbocycles. The van der Waals surface area contributed by atoms with Crippen LogP contribution in [0.25, 0.3) is 11.2 Å². The summed E-state index contributed by atoms with van der Waals surface area (Å²) >= 11 is 0. The molecule has 4 aromatic rings. The van der Waals surface area contributed by atoms with Gasteiger partial charge in [-0.25, -0.2) is 4.98 Å². The first kappa shape index (κ1) is 18.9. The van der Waals surface area contributed by atoms with Crippen LogP contribution in [0.1, 0.15) is 29.0 Å². The molecule has 7 heteroatoms. The molecule has 4 N–H and O–H groups in total. The first-order valence-electron chi connectivity index (χ1n) is 9.60. The number of hydrogen-bond donors (Lipinski definition) is 3. The Kier molecular flexibility index (Phi) is 5.67. The Morgan fingerprint density at radius 1 is 1.07 bits per heavy atom. The Bertz CT molecular complexity index is 1060. The number of nitrogen functional groups attached to an aromatic ring is 1. The van der Waals surface area contributed by atoms with Gasteiger partial charge in [-0.1, -0.05) is 42.5 Å². The number of rotatable bonds is 8. The van der Waals surface area contributed by atoms with Crippen LogP contribution < -0.4 is 15.8 Å². The Hall–Kier alpha value is -3.45. The number of ether oxygens (including phenoxy) is 1. The van der Waals surface area contributed by atoms with Gasteiger partial charge in [0.1, 0.15) is 17.1 Å². The predicted octanol–water partition coefficient (Wildman–Crippen LogP) is 3.26. The topological polar surface area (TPSA) is 102 Å². The quantitative estimate of drug-likeness (QED) is 0.401. The summed E-state index contributed by atoms with van der Waals surface area (Å²) in [6.07, 6.45) is 0.894. The number of benzene rings is 2. The van der Waals surface area contributed by atoms with E-state index in [1.807, 2.05) is 24.3 Å². The van der Waals surface area contributed by atoms with Crippen molar-refractivity contribution in [1.29, 1.82) is 0 Å². The first-order valence-corrected chi connectivity index (χ1v) is 9.60. The lowest BCUT2D eigenvalue weighted by atomic mass is 9.88. The van der Waals surface area contributed by atoms with Gasteiger partial charge < -0.3 is 15.8 Å². The molecule has 0 aliphatic heterocycles. The Labute approximate surface area is 169 Å². The second-order valence-electron chi connectivity index (χ2n) is 6.91. The summed E-state index contributed by atoms with van der Waals surface area (Å²) in [4.78, 5) is 4.27. The lowest BCUT2D eigenvalue weighted by Gasteiger charge is -2.19. The Morgan fingerprint density at radius 2 is 1.86 bits per heavy atom. The number of methoxy groups -OCH3 is 1. The number of nitrogens with two attached hydrogens (primary N) is 1. The number of H-pyrrole nitrogens is 1. The molecule has 2 heterocycles. The molecule has 0 saturated heterocycles. The number of nitrogens with one attached hydrogen (secondary N) is 2. The molecule has 0 radical (unpaired) electrons. The van der Waals surface area contributed by atoms with Crippen molar-refractivity contribution in [2.24, 2.45) is 0 Å². The third kappa shape index (κ3) is 4.35. The Morgan fingerprint density at radius 3 is 2.62 bits per heavy atom. The summed E-state index contributed by atoms with van der Waals surface area (Å²) in [7, 11) is 1.68. The Balaban J connectivity index is 1.51. The zero-order valence-corrected chi connectivity index (χ0v) is 16.3. The molecule has 7 nitrogen and oxygen atoms in total. The fourth-order valence-electron chi connectivity index (χ4n) is 3.55.